The van der Waals surface area contributed by atoms with Gasteiger partial charge < -0.3 is 9.64 Å². The quantitative estimate of drug-likeness (QED) is 0.796. The van der Waals surface area contributed by atoms with Crippen molar-refractivity contribution in [1.29, 1.82) is 0 Å². The molecule has 0 radical (unpaired) electrons. The van der Waals surface area contributed by atoms with E-state index in [1.54, 1.807) is 4.90 Å². The Kier molecular flexibility index (Phi) is 4.70. The molecule has 2 atom stereocenters. The van der Waals surface area contributed by atoms with E-state index in [2.05, 4.69) is 24.3 Å². The summed E-state index contributed by atoms with van der Waals surface area (Å²) in [6, 6.07) is 20.2. The second-order valence-corrected chi connectivity index (χ2v) is 6.38. The maximum absolute atomic E-state index is 12.7. The minimum Gasteiger partial charge on any atom is -0.478 e. The molecule has 0 N–H and O–H groups in total. The highest BCUT2D eigenvalue weighted by Crippen LogP contribution is 2.34. The van der Waals surface area contributed by atoms with Crippen LogP contribution in [0.1, 0.15) is 31.1 Å². The number of ether oxygens (including phenoxy) is 1. The van der Waals surface area contributed by atoms with Crippen molar-refractivity contribution < 1.29 is 9.53 Å². The lowest BCUT2D eigenvalue weighted by atomic mass is 9.98. The summed E-state index contributed by atoms with van der Waals surface area (Å²) in [7, 11) is 1.85. The predicted molar refractivity (Wildman–Crippen MR) is 95.3 cm³/mol. The Labute approximate surface area is 143 Å². The van der Waals surface area contributed by atoms with E-state index in [1.807, 2.05) is 57.3 Å². The van der Waals surface area contributed by atoms with E-state index in [0.29, 0.717) is 12.2 Å². The molecule has 2 aromatic rings. The molecule has 24 heavy (non-hydrogen) atoms. The second-order valence-electron chi connectivity index (χ2n) is 6.38. The molecule has 0 aliphatic carbocycles. The van der Waals surface area contributed by atoms with Gasteiger partial charge >= 0.3 is 0 Å². The fourth-order valence-electron chi connectivity index (χ4n) is 3.08. The molecule has 3 heteroatoms. The van der Waals surface area contributed by atoms with Gasteiger partial charge in [-0.15, -0.1) is 0 Å². The van der Waals surface area contributed by atoms with Crippen molar-refractivity contribution in [2.45, 2.75) is 32.4 Å². The molecular formula is C21H23NO2. The molecule has 0 saturated carbocycles. The summed E-state index contributed by atoms with van der Waals surface area (Å²) in [5, 5.41) is 0. The number of amides is 1. The monoisotopic (exact) mass is 321 g/mol. The number of nitrogens with zero attached hydrogens (tertiary/aromatic N) is 1. The Balaban J connectivity index is 1.92. The van der Waals surface area contributed by atoms with Crippen LogP contribution in [0.3, 0.4) is 0 Å². The van der Waals surface area contributed by atoms with E-state index in [1.165, 1.54) is 5.56 Å². The summed E-state index contributed by atoms with van der Waals surface area (Å²) in [5.41, 5.74) is 3.23. The smallest absolute Gasteiger partial charge is 0.289 e. The molecule has 1 fully saturated rings. The molecule has 3 rings (SSSR count). The first-order valence-corrected chi connectivity index (χ1v) is 8.30. The van der Waals surface area contributed by atoms with Crippen molar-refractivity contribution in [1.82, 2.24) is 4.90 Å². The minimum atomic E-state index is -0.144. The molecule has 0 bridgehead atoms. The molecular weight excluding hydrogens is 298 g/mol. The first-order valence-electron chi connectivity index (χ1n) is 8.30. The Morgan fingerprint density at radius 2 is 1.62 bits per heavy atom. The van der Waals surface area contributed by atoms with Crippen LogP contribution in [0.2, 0.25) is 0 Å². The molecule has 0 spiro atoms. The number of likely N-dealkylation sites (N-methyl/N-ethyl adjacent to an activating group) is 1. The third kappa shape index (κ3) is 3.21. The highest BCUT2D eigenvalue weighted by Gasteiger charge is 2.37. The number of rotatable bonds is 3. The van der Waals surface area contributed by atoms with Crippen molar-refractivity contribution in [3.05, 3.63) is 83.1 Å². The molecule has 1 aliphatic heterocycles. The fraction of sp³-hybridized carbons (Fsp3) is 0.286. The number of hydrogen-bond acceptors (Lipinski definition) is 2. The van der Waals surface area contributed by atoms with Gasteiger partial charge in [0.05, 0.1) is 6.04 Å². The van der Waals surface area contributed by atoms with Gasteiger partial charge in [-0.1, -0.05) is 60.7 Å². The minimum absolute atomic E-state index is 0.00632. The largest absolute Gasteiger partial charge is 0.478 e. The first-order chi connectivity index (χ1) is 11.6. The third-order valence-corrected chi connectivity index (χ3v) is 4.64. The normalized spacial score (nSPS) is 23.0. The zero-order valence-corrected chi connectivity index (χ0v) is 14.4. The number of carbonyl (C=O) groups excluding carboxylic acids is 1. The standard InChI is InChI=1S/C21H23NO2/c1-15(14-17-10-6-4-7-11-17)19-21(23)22(3)16(2)20(24-19)18-12-8-5-9-13-18/h4-13,16,20H,14H2,1-3H3/b19-15-/t16-,20-/m0/s1. The van der Waals surface area contributed by atoms with Crippen LogP contribution in [0.5, 0.6) is 0 Å². The Hall–Kier alpha value is -2.55. The van der Waals surface area contributed by atoms with Crippen LogP contribution < -0.4 is 0 Å². The van der Waals surface area contributed by atoms with Gasteiger partial charge in [0.1, 0.15) is 6.10 Å². The third-order valence-electron chi connectivity index (χ3n) is 4.64. The zero-order chi connectivity index (χ0) is 17.1. The fourth-order valence-corrected chi connectivity index (χ4v) is 3.08. The van der Waals surface area contributed by atoms with Crippen LogP contribution in [0.25, 0.3) is 0 Å². The molecule has 1 saturated heterocycles. The van der Waals surface area contributed by atoms with Crippen LogP contribution in [0.4, 0.5) is 0 Å². The second kappa shape index (κ2) is 6.91. The number of carbonyl (C=O) groups is 1. The van der Waals surface area contributed by atoms with Crippen LogP contribution in [-0.4, -0.2) is 23.9 Å². The van der Waals surface area contributed by atoms with Gasteiger partial charge in [-0.3, -0.25) is 4.79 Å². The van der Waals surface area contributed by atoms with E-state index < -0.39 is 0 Å². The van der Waals surface area contributed by atoms with Gasteiger partial charge in [0.25, 0.3) is 5.91 Å². The van der Waals surface area contributed by atoms with E-state index in [-0.39, 0.29) is 18.1 Å². The lowest BCUT2D eigenvalue weighted by molar-refractivity contribution is -0.143. The van der Waals surface area contributed by atoms with Crippen LogP contribution >= 0.6 is 0 Å². The number of morpholine rings is 1. The predicted octanol–water partition coefficient (Wildman–Crippen LogP) is 4.12. The number of allylic oxidation sites excluding steroid dienone is 1. The molecule has 1 heterocycles. The maximum atomic E-state index is 12.7. The van der Waals surface area contributed by atoms with Gasteiger partial charge in [-0.25, -0.2) is 0 Å². The lowest BCUT2D eigenvalue weighted by Gasteiger charge is -2.39. The van der Waals surface area contributed by atoms with Gasteiger partial charge in [0.2, 0.25) is 0 Å². The van der Waals surface area contributed by atoms with Crippen LogP contribution in [0.15, 0.2) is 72.0 Å². The van der Waals surface area contributed by atoms with Crippen molar-refractivity contribution in [2.75, 3.05) is 7.05 Å². The summed E-state index contributed by atoms with van der Waals surface area (Å²) < 4.78 is 6.19. The van der Waals surface area contributed by atoms with Gasteiger partial charge in [-0.2, -0.15) is 0 Å². The van der Waals surface area contributed by atoms with Gasteiger partial charge in [0.15, 0.2) is 5.76 Å². The Bertz CT molecular complexity index is 737. The van der Waals surface area contributed by atoms with Crippen LogP contribution in [-0.2, 0) is 16.0 Å². The summed E-state index contributed by atoms with van der Waals surface area (Å²) >= 11 is 0. The maximum Gasteiger partial charge on any atom is 0.289 e. The van der Waals surface area contributed by atoms with Gasteiger partial charge in [0, 0.05) is 7.05 Å². The molecule has 0 unspecified atom stereocenters. The summed E-state index contributed by atoms with van der Waals surface area (Å²) in [4.78, 5) is 14.5. The van der Waals surface area contributed by atoms with Crippen molar-refractivity contribution >= 4 is 5.91 Å². The molecule has 124 valence electrons. The first kappa shape index (κ1) is 16.3. The Morgan fingerprint density at radius 3 is 2.25 bits per heavy atom. The van der Waals surface area contributed by atoms with E-state index in [9.17, 15) is 4.79 Å². The molecule has 1 amide bonds. The topological polar surface area (TPSA) is 29.5 Å². The van der Waals surface area contributed by atoms with E-state index in [0.717, 1.165) is 11.1 Å². The lowest BCUT2D eigenvalue weighted by Crippen LogP contribution is -2.46. The SMILES string of the molecule is C/C(Cc1ccccc1)=C1/O[C@H](c2ccccc2)[C@H](C)N(C)C1=O. The molecule has 3 nitrogen and oxygen atoms in total. The average molecular weight is 321 g/mol. The summed E-state index contributed by atoms with van der Waals surface area (Å²) in [5.74, 6) is 0.441. The van der Waals surface area contributed by atoms with Crippen molar-refractivity contribution in [3.63, 3.8) is 0 Å². The Morgan fingerprint density at radius 1 is 1.04 bits per heavy atom. The molecule has 1 aliphatic rings. The summed E-state index contributed by atoms with van der Waals surface area (Å²) in [6.07, 6.45) is 0.570. The summed E-state index contributed by atoms with van der Waals surface area (Å²) in [6.45, 7) is 4.00. The zero-order valence-electron chi connectivity index (χ0n) is 14.4. The van der Waals surface area contributed by atoms with Crippen LogP contribution in [0, 0.1) is 0 Å². The highest BCUT2D eigenvalue weighted by molar-refractivity contribution is 5.93. The number of benzene rings is 2. The average Bonchev–Trinajstić information content (AvgIpc) is 2.61. The number of hydrogen-bond donors (Lipinski definition) is 0. The van der Waals surface area contributed by atoms with E-state index >= 15 is 0 Å². The highest BCUT2D eigenvalue weighted by atomic mass is 16.5. The molecule has 0 aromatic heterocycles. The van der Waals surface area contributed by atoms with Crippen molar-refractivity contribution in [3.8, 4) is 0 Å². The van der Waals surface area contributed by atoms with E-state index in [4.69, 9.17) is 4.74 Å². The molecule has 2 aromatic carbocycles. The van der Waals surface area contributed by atoms with Gasteiger partial charge in [-0.05, 0) is 37.0 Å². The van der Waals surface area contributed by atoms with Crippen molar-refractivity contribution in [2.24, 2.45) is 0 Å².